The molecule has 35 heavy (non-hydrogen) atoms. The number of pyridine rings is 1. The molecule has 0 saturated heterocycles. The van der Waals surface area contributed by atoms with E-state index in [2.05, 4.69) is 11.6 Å². The van der Waals surface area contributed by atoms with Crippen LogP contribution >= 0.6 is 0 Å². The zero-order valence-electron chi connectivity index (χ0n) is 20.4. The van der Waals surface area contributed by atoms with E-state index in [1.807, 2.05) is 32.0 Å². The lowest BCUT2D eigenvalue weighted by Gasteiger charge is -2.30. The second-order valence-corrected chi connectivity index (χ2v) is 9.06. The number of rotatable bonds is 10. The summed E-state index contributed by atoms with van der Waals surface area (Å²) < 4.78 is 56.4. The third-order valence-electron chi connectivity index (χ3n) is 5.60. The van der Waals surface area contributed by atoms with Crippen LogP contribution in [0.2, 0.25) is 0 Å². The molecule has 1 aromatic carbocycles. The first-order valence-corrected chi connectivity index (χ1v) is 11.5. The molecule has 0 N–H and O–H groups in total. The lowest BCUT2D eigenvalue weighted by Crippen LogP contribution is -2.36. The fourth-order valence-corrected chi connectivity index (χ4v) is 3.72. The maximum Gasteiger partial charge on any atom is 0.389 e. The van der Waals surface area contributed by atoms with E-state index in [0.717, 1.165) is 35.2 Å². The number of aryl methyl sites for hydroxylation is 2. The van der Waals surface area contributed by atoms with Crippen LogP contribution in [-0.4, -0.2) is 30.3 Å². The number of alkyl halides is 3. The predicted octanol–water partition coefficient (Wildman–Crippen LogP) is 7.08. The third-order valence-corrected chi connectivity index (χ3v) is 5.60. The molecule has 0 aliphatic heterocycles. The number of fused-ring (bicyclic) bond motifs is 1. The monoisotopic (exact) mass is 489 g/mol. The van der Waals surface area contributed by atoms with Crippen LogP contribution in [0.25, 0.3) is 22.3 Å². The smallest absolute Gasteiger partial charge is 0.389 e. The molecule has 0 fully saturated rings. The van der Waals surface area contributed by atoms with Crippen LogP contribution < -0.4 is 4.74 Å². The molecule has 3 aromatic rings. The van der Waals surface area contributed by atoms with Gasteiger partial charge in [0, 0.05) is 33.7 Å². The molecule has 2 heterocycles. The first-order valence-electron chi connectivity index (χ1n) is 11.5. The second-order valence-electron chi connectivity index (χ2n) is 9.06. The van der Waals surface area contributed by atoms with Crippen molar-refractivity contribution in [1.82, 2.24) is 4.98 Å². The number of ether oxygens (including phenoxy) is 2. The minimum Gasteiger partial charge on any atom is -0.493 e. The van der Waals surface area contributed by atoms with Gasteiger partial charge in [-0.05, 0) is 50.1 Å². The van der Waals surface area contributed by atoms with Crippen molar-refractivity contribution in [3.63, 3.8) is 0 Å². The Hall–Kier alpha value is -3.29. The van der Waals surface area contributed by atoms with Crippen LogP contribution in [0.1, 0.15) is 45.5 Å². The topological polar surface area (TPSA) is 61.6 Å². The molecule has 0 radical (unpaired) electrons. The highest BCUT2D eigenvalue weighted by Crippen LogP contribution is 2.36. The molecule has 2 aromatic heterocycles. The normalized spacial score (nSPS) is 13.5. The molecular weight excluding hydrogens is 459 g/mol. The Morgan fingerprint density at radius 2 is 1.83 bits per heavy atom. The number of hydrogen-bond acceptors (Lipinski definition) is 5. The van der Waals surface area contributed by atoms with Gasteiger partial charge in [-0.25, -0.2) is 4.79 Å². The van der Waals surface area contributed by atoms with E-state index in [0.29, 0.717) is 17.1 Å². The molecule has 0 aliphatic rings. The summed E-state index contributed by atoms with van der Waals surface area (Å²) in [6.45, 7) is 9.58. The van der Waals surface area contributed by atoms with Gasteiger partial charge in [-0.1, -0.05) is 27.4 Å². The van der Waals surface area contributed by atoms with Gasteiger partial charge in [0.1, 0.15) is 23.7 Å². The quantitative estimate of drug-likeness (QED) is 0.225. The van der Waals surface area contributed by atoms with E-state index < -0.39 is 30.6 Å². The van der Waals surface area contributed by atoms with E-state index in [-0.39, 0.29) is 12.2 Å². The summed E-state index contributed by atoms with van der Waals surface area (Å²) in [6, 6.07) is 11.0. The molecule has 0 bridgehead atoms. The molecule has 5 nitrogen and oxygen atoms in total. The minimum atomic E-state index is -4.45. The fourth-order valence-electron chi connectivity index (χ4n) is 3.72. The van der Waals surface area contributed by atoms with E-state index >= 15 is 0 Å². The molecule has 0 spiro atoms. The highest BCUT2D eigenvalue weighted by Gasteiger charge is 2.41. The number of esters is 1. The molecule has 0 saturated carbocycles. The van der Waals surface area contributed by atoms with Crippen molar-refractivity contribution < 1.29 is 31.9 Å². The average Bonchev–Trinajstić information content (AvgIpc) is 3.22. The van der Waals surface area contributed by atoms with Gasteiger partial charge in [-0.15, -0.1) is 0 Å². The Balaban J connectivity index is 1.80. The minimum absolute atomic E-state index is 0.116. The number of hydrogen-bond donors (Lipinski definition) is 0. The Labute approximate surface area is 202 Å². The zero-order valence-corrected chi connectivity index (χ0v) is 20.4. The largest absolute Gasteiger partial charge is 0.493 e. The van der Waals surface area contributed by atoms with Gasteiger partial charge in [0.25, 0.3) is 0 Å². The first kappa shape index (κ1) is 26.3. The highest BCUT2D eigenvalue weighted by molar-refractivity contribution is 5.87. The van der Waals surface area contributed by atoms with Gasteiger partial charge in [0.15, 0.2) is 0 Å². The number of benzene rings is 1. The summed E-state index contributed by atoms with van der Waals surface area (Å²) >= 11 is 0. The molecule has 188 valence electrons. The first-order chi connectivity index (χ1) is 16.4. The lowest BCUT2D eigenvalue weighted by molar-refractivity contribution is -0.173. The third kappa shape index (κ3) is 6.87. The highest BCUT2D eigenvalue weighted by atomic mass is 19.4. The number of nitrogens with zero attached hydrogens (tertiary/aromatic N) is 1. The Morgan fingerprint density at radius 1 is 1.09 bits per heavy atom. The van der Waals surface area contributed by atoms with Crippen molar-refractivity contribution in [2.45, 2.75) is 53.1 Å². The van der Waals surface area contributed by atoms with Crippen molar-refractivity contribution in [2.75, 3.05) is 13.2 Å². The summed E-state index contributed by atoms with van der Waals surface area (Å²) in [5.74, 6) is 0.279. The van der Waals surface area contributed by atoms with Crippen molar-refractivity contribution in [2.24, 2.45) is 5.41 Å². The fraction of sp³-hybridized carbons (Fsp3) is 0.407. The van der Waals surface area contributed by atoms with E-state index in [1.54, 1.807) is 18.2 Å². The average molecular weight is 490 g/mol. The molecular formula is C27H30F3NO4. The molecule has 0 aliphatic carbocycles. The van der Waals surface area contributed by atoms with Gasteiger partial charge in [0.05, 0.1) is 18.7 Å². The van der Waals surface area contributed by atoms with Crippen molar-refractivity contribution in [1.29, 1.82) is 0 Å². The van der Waals surface area contributed by atoms with Gasteiger partial charge in [0.2, 0.25) is 0 Å². The van der Waals surface area contributed by atoms with Gasteiger partial charge in [-0.2, -0.15) is 13.2 Å². The molecule has 0 amide bonds. The number of aromatic nitrogens is 1. The van der Waals surface area contributed by atoms with Crippen LogP contribution in [0.15, 0.2) is 53.0 Å². The van der Waals surface area contributed by atoms with Crippen molar-refractivity contribution >= 4 is 16.9 Å². The maximum absolute atomic E-state index is 13.2. The number of carbonyl (C=O) groups is 1. The SMILES string of the molecule is C=C(C)C(=O)OCC(C)(COc1ccc2cc(-c3ccc(CC)nc3CC)oc2c1)CC(F)(F)F. The predicted molar refractivity (Wildman–Crippen MR) is 128 cm³/mol. The van der Waals surface area contributed by atoms with Crippen LogP contribution in [0, 0.1) is 5.41 Å². The molecule has 3 rings (SSSR count). The van der Waals surface area contributed by atoms with Crippen molar-refractivity contribution in [3.05, 3.63) is 59.9 Å². The summed E-state index contributed by atoms with van der Waals surface area (Å²) in [4.78, 5) is 16.4. The maximum atomic E-state index is 13.2. The van der Waals surface area contributed by atoms with Crippen LogP contribution in [0.5, 0.6) is 5.75 Å². The summed E-state index contributed by atoms with van der Waals surface area (Å²) in [7, 11) is 0. The number of furan rings is 1. The number of halogens is 3. The van der Waals surface area contributed by atoms with E-state index in [9.17, 15) is 18.0 Å². The standard InChI is InChI=1S/C27H30F3NO4/c1-6-19-9-11-21(22(7-2)31-19)24-12-18-8-10-20(13-23(18)35-24)33-15-26(5,14-27(28,29)30)16-34-25(32)17(3)4/h8-13H,3,6-7,14-16H2,1-2,4-5H3. The van der Waals surface area contributed by atoms with Gasteiger partial charge >= 0.3 is 12.1 Å². The summed E-state index contributed by atoms with van der Waals surface area (Å²) in [5, 5.41) is 0.836. The van der Waals surface area contributed by atoms with Gasteiger partial charge in [-0.3, -0.25) is 4.98 Å². The number of carbonyl (C=O) groups excluding carboxylic acids is 1. The Bertz CT molecular complexity index is 1210. The van der Waals surface area contributed by atoms with Crippen molar-refractivity contribution in [3.8, 4) is 17.1 Å². The van der Waals surface area contributed by atoms with Crippen LogP contribution in [0.3, 0.4) is 0 Å². The summed E-state index contributed by atoms with van der Waals surface area (Å²) in [6.07, 6.45) is -4.03. The lowest BCUT2D eigenvalue weighted by atomic mass is 9.88. The van der Waals surface area contributed by atoms with E-state index in [1.165, 1.54) is 13.8 Å². The molecule has 1 atom stereocenters. The van der Waals surface area contributed by atoms with E-state index in [4.69, 9.17) is 13.9 Å². The Kier molecular flexibility index (Phi) is 7.93. The molecule has 1 unspecified atom stereocenters. The second kappa shape index (κ2) is 10.5. The van der Waals surface area contributed by atoms with Crippen LogP contribution in [0.4, 0.5) is 13.2 Å². The zero-order chi connectivity index (χ0) is 25.8. The van der Waals surface area contributed by atoms with Crippen LogP contribution in [-0.2, 0) is 22.4 Å². The summed E-state index contributed by atoms with van der Waals surface area (Å²) in [5.41, 5.74) is 2.03. The Morgan fingerprint density at radius 3 is 2.46 bits per heavy atom. The molecule has 8 heteroatoms. The van der Waals surface area contributed by atoms with Gasteiger partial charge < -0.3 is 13.9 Å².